The molecule has 2 aliphatic heterocycles. The van der Waals surface area contributed by atoms with Crippen LogP contribution in [0.5, 0.6) is 0 Å². The lowest BCUT2D eigenvalue weighted by molar-refractivity contribution is 0.0601. The Hall–Kier alpha value is -2.71. The second-order valence-corrected chi connectivity index (χ2v) is 10.1. The molecule has 0 spiro atoms. The number of nitrogens with zero attached hydrogens (tertiary/aromatic N) is 4. The first-order chi connectivity index (χ1) is 16.9. The van der Waals surface area contributed by atoms with Crippen LogP contribution in [0.3, 0.4) is 0 Å². The molecule has 8 heteroatoms. The maximum atomic E-state index is 13.6. The molecular weight excluding hydrogens is 464 g/mol. The van der Waals surface area contributed by atoms with Gasteiger partial charge >= 0.3 is 5.97 Å². The molecule has 1 N–H and O–H groups in total. The number of aromatic carboxylic acids is 1. The van der Waals surface area contributed by atoms with E-state index in [-0.39, 0.29) is 11.1 Å². The molecule has 7 nitrogen and oxygen atoms in total. The summed E-state index contributed by atoms with van der Waals surface area (Å²) in [7, 11) is 2.18. The Balaban J connectivity index is 1.50. The number of rotatable bonds is 5. The van der Waals surface area contributed by atoms with E-state index in [0.717, 1.165) is 39.3 Å². The van der Waals surface area contributed by atoms with Gasteiger partial charge in [0.05, 0.1) is 11.3 Å². The van der Waals surface area contributed by atoms with Crippen LogP contribution < -0.4 is 5.56 Å². The van der Waals surface area contributed by atoms with Crippen molar-refractivity contribution in [3.63, 3.8) is 0 Å². The molecule has 0 radical (unpaired) electrons. The molecule has 0 atom stereocenters. The van der Waals surface area contributed by atoms with Gasteiger partial charge in [-0.25, -0.2) is 4.79 Å². The molecule has 5 rings (SSSR count). The van der Waals surface area contributed by atoms with Crippen molar-refractivity contribution in [2.24, 2.45) is 0 Å². The van der Waals surface area contributed by atoms with Crippen LogP contribution in [0.2, 0.25) is 5.02 Å². The van der Waals surface area contributed by atoms with E-state index < -0.39 is 5.97 Å². The number of halogens is 1. The predicted molar refractivity (Wildman–Crippen MR) is 139 cm³/mol. The van der Waals surface area contributed by atoms with Gasteiger partial charge in [0.2, 0.25) is 0 Å². The molecule has 2 aromatic carbocycles. The van der Waals surface area contributed by atoms with Gasteiger partial charge in [0.25, 0.3) is 5.56 Å². The second kappa shape index (κ2) is 10.1. The highest BCUT2D eigenvalue weighted by Crippen LogP contribution is 2.26. The van der Waals surface area contributed by atoms with E-state index in [1.54, 1.807) is 53.1 Å². The number of likely N-dealkylation sites (tertiary alicyclic amines) is 1. The molecular formula is C27H31ClN4O3. The normalized spacial score (nSPS) is 18.8. The van der Waals surface area contributed by atoms with Crippen molar-refractivity contribution in [2.45, 2.75) is 25.4 Å². The molecule has 1 aromatic heterocycles. The summed E-state index contributed by atoms with van der Waals surface area (Å²) in [6, 6.07) is 14.6. The Morgan fingerprint density at radius 2 is 1.57 bits per heavy atom. The second-order valence-electron chi connectivity index (χ2n) is 9.64. The summed E-state index contributed by atoms with van der Waals surface area (Å²) in [6.45, 7) is 6.26. The standard InChI is InChI=1S/C27H31ClN4O3/c1-29-12-10-20(11-13-29)31-16-14-30(15-17-31)18-24-25(27(34)35)22-4-2-3-5-23(22)26(33)32(24)21-8-6-19(28)7-9-21/h2-9,20H,10-18H2,1H3,(H,34,35). The maximum absolute atomic E-state index is 13.6. The average Bonchev–Trinajstić information content (AvgIpc) is 2.86. The van der Waals surface area contributed by atoms with Crippen molar-refractivity contribution in [1.82, 2.24) is 19.3 Å². The predicted octanol–water partition coefficient (Wildman–Crippen LogP) is 3.55. The van der Waals surface area contributed by atoms with E-state index >= 15 is 0 Å². The molecule has 2 aliphatic rings. The number of piperidine rings is 1. The number of hydrogen-bond acceptors (Lipinski definition) is 5. The summed E-state index contributed by atoms with van der Waals surface area (Å²) in [5.41, 5.74) is 1.10. The molecule has 0 saturated carbocycles. The van der Waals surface area contributed by atoms with Gasteiger partial charge < -0.3 is 10.0 Å². The first-order valence-electron chi connectivity index (χ1n) is 12.2. The molecule has 0 bridgehead atoms. The fourth-order valence-corrected chi connectivity index (χ4v) is 5.63. The fourth-order valence-electron chi connectivity index (χ4n) is 5.51. The first kappa shape index (κ1) is 24.0. The van der Waals surface area contributed by atoms with Gasteiger partial charge in [-0.05, 0) is 63.3 Å². The van der Waals surface area contributed by atoms with Crippen LogP contribution >= 0.6 is 11.6 Å². The zero-order valence-corrected chi connectivity index (χ0v) is 20.7. The number of pyridine rings is 1. The quantitative estimate of drug-likeness (QED) is 0.585. The minimum Gasteiger partial charge on any atom is -0.478 e. The lowest BCUT2D eigenvalue weighted by atomic mass is 10.0. The Morgan fingerprint density at radius 3 is 2.20 bits per heavy atom. The van der Waals surface area contributed by atoms with Crippen molar-refractivity contribution in [3.05, 3.63) is 75.2 Å². The van der Waals surface area contributed by atoms with E-state index in [9.17, 15) is 14.7 Å². The van der Waals surface area contributed by atoms with Crippen molar-refractivity contribution in [3.8, 4) is 5.69 Å². The van der Waals surface area contributed by atoms with Crippen molar-refractivity contribution < 1.29 is 9.90 Å². The third kappa shape index (κ3) is 4.86. The van der Waals surface area contributed by atoms with E-state index in [1.807, 2.05) is 0 Å². The summed E-state index contributed by atoms with van der Waals surface area (Å²) in [6.07, 6.45) is 2.39. The fraction of sp³-hybridized carbons (Fsp3) is 0.407. The van der Waals surface area contributed by atoms with Crippen LogP contribution in [0.4, 0.5) is 0 Å². The highest BCUT2D eigenvalue weighted by molar-refractivity contribution is 6.30. The van der Waals surface area contributed by atoms with Gasteiger partial charge in [0.15, 0.2) is 0 Å². The monoisotopic (exact) mass is 494 g/mol. The van der Waals surface area contributed by atoms with Gasteiger partial charge in [-0.1, -0.05) is 29.8 Å². The summed E-state index contributed by atoms with van der Waals surface area (Å²) in [5, 5.41) is 11.7. The van der Waals surface area contributed by atoms with Crippen LogP contribution in [0.15, 0.2) is 53.3 Å². The van der Waals surface area contributed by atoms with Crippen molar-refractivity contribution >= 4 is 28.3 Å². The van der Waals surface area contributed by atoms with Gasteiger partial charge in [0.1, 0.15) is 0 Å². The van der Waals surface area contributed by atoms with Gasteiger partial charge in [-0.3, -0.25) is 19.2 Å². The molecule has 3 heterocycles. The lowest BCUT2D eigenvalue weighted by Crippen LogP contribution is -2.52. The SMILES string of the molecule is CN1CCC(N2CCN(Cc3c(C(=O)O)c4ccccc4c(=O)n3-c3ccc(Cl)cc3)CC2)CC1. The molecule has 2 fully saturated rings. The smallest absolute Gasteiger partial charge is 0.338 e. The van der Waals surface area contributed by atoms with Crippen molar-refractivity contribution in [1.29, 1.82) is 0 Å². The Labute approximate surface area is 210 Å². The Morgan fingerprint density at radius 1 is 0.943 bits per heavy atom. The van der Waals surface area contributed by atoms with Crippen LogP contribution in [0.1, 0.15) is 28.9 Å². The molecule has 3 aromatic rings. The number of carboxylic acids is 1. The van der Waals surface area contributed by atoms with E-state index in [4.69, 9.17) is 11.6 Å². The Bertz CT molecular complexity index is 1270. The highest BCUT2D eigenvalue weighted by atomic mass is 35.5. The molecule has 35 heavy (non-hydrogen) atoms. The number of aromatic nitrogens is 1. The first-order valence-corrected chi connectivity index (χ1v) is 12.6. The Kier molecular flexibility index (Phi) is 6.93. The third-order valence-corrected chi connectivity index (χ3v) is 7.72. The number of benzene rings is 2. The minimum absolute atomic E-state index is 0.188. The average molecular weight is 495 g/mol. The number of hydrogen-bond donors (Lipinski definition) is 1. The summed E-state index contributed by atoms with van der Waals surface area (Å²) in [4.78, 5) is 33.4. The lowest BCUT2D eigenvalue weighted by Gasteiger charge is -2.42. The van der Waals surface area contributed by atoms with Crippen molar-refractivity contribution in [2.75, 3.05) is 46.3 Å². The van der Waals surface area contributed by atoms with Crippen LogP contribution in [0, 0.1) is 0 Å². The largest absolute Gasteiger partial charge is 0.478 e. The molecule has 0 amide bonds. The summed E-state index contributed by atoms with van der Waals surface area (Å²) < 4.78 is 1.56. The molecule has 2 saturated heterocycles. The number of carboxylic acid groups (broad SMARTS) is 1. The zero-order chi connectivity index (χ0) is 24.5. The van der Waals surface area contributed by atoms with Gasteiger partial charge in [0, 0.05) is 60.2 Å². The van der Waals surface area contributed by atoms with Crippen LogP contribution in [-0.4, -0.2) is 82.7 Å². The zero-order valence-electron chi connectivity index (χ0n) is 20.0. The molecule has 184 valence electrons. The summed E-state index contributed by atoms with van der Waals surface area (Å²) >= 11 is 6.10. The van der Waals surface area contributed by atoms with Gasteiger partial charge in [-0.2, -0.15) is 0 Å². The maximum Gasteiger partial charge on any atom is 0.338 e. The number of piperazine rings is 1. The molecule has 0 aliphatic carbocycles. The highest BCUT2D eigenvalue weighted by Gasteiger charge is 2.29. The van der Waals surface area contributed by atoms with Crippen LogP contribution in [-0.2, 0) is 6.54 Å². The van der Waals surface area contributed by atoms with Crippen LogP contribution in [0.25, 0.3) is 16.5 Å². The van der Waals surface area contributed by atoms with E-state index in [2.05, 4.69) is 21.7 Å². The third-order valence-electron chi connectivity index (χ3n) is 7.47. The minimum atomic E-state index is -1.02. The number of fused-ring (bicyclic) bond motifs is 1. The summed E-state index contributed by atoms with van der Waals surface area (Å²) in [5.74, 6) is -1.02. The molecule has 0 unspecified atom stereocenters. The van der Waals surface area contributed by atoms with E-state index in [1.165, 1.54) is 12.8 Å². The van der Waals surface area contributed by atoms with Gasteiger partial charge in [-0.15, -0.1) is 0 Å². The number of carbonyl (C=O) groups is 1. The van der Waals surface area contributed by atoms with E-state index in [0.29, 0.717) is 39.8 Å². The topological polar surface area (TPSA) is 69.0 Å².